The van der Waals surface area contributed by atoms with Crippen molar-refractivity contribution in [3.05, 3.63) is 46.9 Å². The summed E-state index contributed by atoms with van der Waals surface area (Å²) in [5.74, 6) is -0.489. The lowest BCUT2D eigenvalue weighted by molar-refractivity contribution is -0.119. The molecule has 1 fully saturated rings. The molecule has 0 aliphatic carbocycles. The highest BCUT2D eigenvalue weighted by Crippen LogP contribution is 2.36. The van der Waals surface area contributed by atoms with Gasteiger partial charge in [-0.05, 0) is 37.1 Å². The molecule has 2 aromatic rings. The third-order valence-corrected chi connectivity index (χ3v) is 4.98. The third kappa shape index (κ3) is 5.04. The normalized spacial score (nSPS) is 14.3. The van der Waals surface area contributed by atoms with Crippen molar-refractivity contribution >= 4 is 29.3 Å². The monoisotopic (exact) mass is 435 g/mol. The second-order valence-electron chi connectivity index (χ2n) is 6.76. The highest BCUT2D eigenvalue weighted by Gasteiger charge is 2.26. The third-order valence-electron chi connectivity index (χ3n) is 4.70. The summed E-state index contributed by atoms with van der Waals surface area (Å²) in [5, 5.41) is 3.07. The van der Waals surface area contributed by atoms with E-state index in [9.17, 15) is 14.4 Å². The zero-order valence-electron chi connectivity index (χ0n) is 16.4. The van der Waals surface area contributed by atoms with Gasteiger partial charge in [0, 0.05) is 24.7 Å². The maximum atomic E-state index is 12.7. The molecule has 0 spiro atoms. The Hall–Kier alpha value is -3.20. The van der Waals surface area contributed by atoms with Crippen LogP contribution >= 0.6 is 11.6 Å². The zero-order valence-corrected chi connectivity index (χ0v) is 17.1. The van der Waals surface area contributed by atoms with E-state index in [-0.39, 0.29) is 46.5 Å². The lowest BCUT2D eigenvalue weighted by Gasteiger charge is -2.32. The zero-order chi connectivity index (χ0) is 21.7. The van der Waals surface area contributed by atoms with E-state index in [4.69, 9.17) is 31.2 Å². The molecule has 0 saturated carbocycles. The number of likely N-dealkylation sites (tertiary alicyclic amines) is 1. The van der Waals surface area contributed by atoms with Crippen molar-refractivity contribution in [2.45, 2.75) is 18.9 Å². The van der Waals surface area contributed by atoms with Crippen molar-refractivity contribution in [3.8, 4) is 11.5 Å². The Morgan fingerprint density at radius 3 is 2.63 bits per heavy atom. The van der Waals surface area contributed by atoms with Crippen LogP contribution in [0.5, 0.6) is 11.5 Å². The number of ether oxygens (including phenoxy) is 2. The molecule has 0 bridgehead atoms. The number of benzene rings is 1. The predicted octanol–water partition coefficient (Wildman–Crippen LogP) is 1.84. The molecule has 160 valence electrons. The summed E-state index contributed by atoms with van der Waals surface area (Å²) in [4.78, 5) is 37.6. The Morgan fingerprint density at radius 1 is 1.30 bits per heavy atom. The van der Waals surface area contributed by atoms with E-state index in [0.717, 1.165) is 0 Å². The average Bonchev–Trinajstić information content (AvgIpc) is 3.27. The van der Waals surface area contributed by atoms with Crippen LogP contribution in [0.4, 0.5) is 0 Å². The molecule has 2 heterocycles. The van der Waals surface area contributed by atoms with Gasteiger partial charge in [-0.25, -0.2) is 0 Å². The fourth-order valence-corrected chi connectivity index (χ4v) is 3.45. The van der Waals surface area contributed by atoms with Crippen LogP contribution in [0.15, 0.2) is 34.9 Å². The SMILES string of the molecule is COc1cc(C(=O)NC2CCN(C(=O)c3ccco3)CC2)cc(Cl)c1OCC(N)=O. The summed E-state index contributed by atoms with van der Waals surface area (Å²) in [6.07, 6.45) is 2.69. The lowest BCUT2D eigenvalue weighted by atomic mass is 10.0. The number of methoxy groups -OCH3 is 1. The highest BCUT2D eigenvalue weighted by atomic mass is 35.5. The van der Waals surface area contributed by atoms with Gasteiger partial charge in [-0.3, -0.25) is 14.4 Å². The molecule has 30 heavy (non-hydrogen) atoms. The summed E-state index contributed by atoms with van der Waals surface area (Å²) >= 11 is 6.20. The smallest absolute Gasteiger partial charge is 0.289 e. The van der Waals surface area contributed by atoms with E-state index in [2.05, 4.69) is 5.32 Å². The van der Waals surface area contributed by atoms with Gasteiger partial charge in [0.05, 0.1) is 18.4 Å². The van der Waals surface area contributed by atoms with Crippen LogP contribution in [0.2, 0.25) is 5.02 Å². The first-order chi connectivity index (χ1) is 14.4. The van der Waals surface area contributed by atoms with Crippen LogP contribution < -0.4 is 20.5 Å². The van der Waals surface area contributed by atoms with Crippen molar-refractivity contribution in [3.63, 3.8) is 0 Å². The maximum absolute atomic E-state index is 12.7. The van der Waals surface area contributed by atoms with Gasteiger partial charge in [0.2, 0.25) is 0 Å². The minimum Gasteiger partial charge on any atom is -0.493 e. The van der Waals surface area contributed by atoms with Gasteiger partial charge in [-0.2, -0.15) is 0 Å². The molecule has 1 aliphatic heterocycles. The van der Waals surface area contributed by atoms with Crippen LogP contribution in [-0.2, 0) is 4.79 Å². The Morgan fingerprint density at radius 2 is 2.03 bits per heavy atom. The minimum atomic E-state index is -0.660. The molecule has 1 aliphatic rings. The molecule has 1 aromatic heterocycles. The topological polar surface area (TPSA) is 124 Å². The summed E-state index contributed by atoms with van der Waals surface area (Å²) in [7, 11) is 1.40. The summed E-state index contributed by atoms with van der Waals surface area (Å²) < 4.78 is 15.6. The predicted molar refractivity (Wildman–Crippen MR) is 108 cm³/mol. The Bertz CT molecular complexity index is 923. The van der Waals surface area contributed by atoms with E-state index >= 15 is 0 Å². The Labute approximate surface area is 178 Å². The number of halogens is 1. The number of primary amides is 1. The molecular weight excluding hydrogens is 414 g/mol. The quantitative estimate of drug-likeness (QED) is 0.683. The Balaban J connectivity index is 1.60. The summed E-state index contributed by atoms with van der Waals surface area (Å²) in [6.45, 7) is 0.653. The number of rotatable bonds is 7. The van der Waals surface area contributed by atoms with Crippen molar-refractivity contribution in [1.82, 2.24) is 10.2 Å². The van der Waals surface area contributed by atoms with Gasteiger partial charge in [0.25, 0.3) is 17.7 Å². The number of hydrogen-bond acceptors (Lipinski definition) is 6. The second kappa shape index (κ2) is 9.53. The molecule has 0 radical (unpaired) electrons. The first-order valence-electron chi connectivity index (χ1n) is 9.31. The number of nitrogens with two attached hydrogens (primary N) is 1. The van der Waals surface area contributed by atoms with Gasteiger partial charge >= 0.3 is 0 Å². The molecule has 0 atom stereocenters. The van der Waals surface area contributed by atoms with E-state index in [0.29, 0.717) is 31.7 Å². The van der Waals surface area contributed by atoms with E-state index in [1.165, 1.54) is 25.5 Å². The lowest BCUT2D eigenvalue weighted by Crippen LogP contribution is -2.46. The number of furan rings is 1. The molecule has 9 nitrogen and oxygen atoms in total. The number of piperidine rings is 1. The van der Waals surface area contributed by atoms with Crippen molar-refractivity contribution < 1.29 is 28.3 Å². The summed E-state index contributed by atoms with van der Waals surface area (Å²) in [5.41, 5.74) is 5.37. The van der Waals surface area contributed by atoms with Gasteiger partial charge in [-0.15, -0.1) is 0 Å². The van der Waals surface area contributed by atoms with E-state index < -0.39 is 5.91 Å². The number of nitrogens with zero attached hydrogens (tertiary/aromatic N) is 1. The van der Waals surface area contributed by atoms with Gasteiger partial charge < -0.3 is 29.8 Å². The molecule has 3 rings (SSSR count). The standard InChI is InChI=1S/C20H22ClN3O6/c1-28-16-10-12(9-14(21)18(16)30-11-17(22)25)19(26)23-13-4-6-24(7-5-13)20(27)15-3-2-8-29-15/h2-3,8-10,13H,4-7,11H2,1H3,(H2,22,25)(H,23,26). The molecule has 10 heteroatoms. The first kappa shape index (κ1) is 21.5. The van der Waals surface area contributed by atoms with Gasteiger partial charge in [-0.1, -0.05) is 11.6 Å². The second-order valence-corrected chi connectivity index (χ2v) is 7.17. The van der Waals surface area contributed by atoms with Crippen LogP contribution in [-0.4, -0.2) is 55.5 Å². The van der Waals surface area contributed by atoms with Crippen LogP contribution in [0.3, 0.4) is 0 Å². The fourth-order valence-electron chi connectivity index (χ4n) is 3.19. The molecule has 0 unspecified atom stereocenters. The van der Waals surface area contributed by atoms with E-state index in [1.807, 2.05) is 0 Å². The molecule has 3 amide bonds. The van der Waals surface area contributed by atoms with Crippen LogP contribution in [0.1, 0.15) is 33.8 Å². The minimum absolute atomic E-state index is 0.0892. The van der Waals surface area contributed by atoms with Crippen molar-refractivity contribution in [2.75, 3.05) is 26.8 Å². The summed E-state index contributed by atoms with van der Waals surface area (Å²) in [6, 6.07) is 6.13. The number of nitrogens with one attached hydrogen (secondary N) is 1. The fraction of sp³-hybridized carbons (Fsp3) is 0.350. The van der Waals surface area contributed by atoms with Gasteiger partial charge in [0.15, 0.2) is 23.9 Å². The maximum Gasteiger partial charge on any atom is 0.289 e. The van der Waals surface area contributed by atoms with E-state index in [1.54, 1.807) is 17.0 Å². The molecule has 1 saturated heterocycles. The Kier molecular flexibility index (Phi) is 6.83. The van der Waals surface area contributed by atoms with Crippen LogP contribution in [0.25, 0.3) is 0 Å². The largest absolute Gasteiger partial charge is 0.493 e. The molecule has 1 aromatic carbocycles. The number of hydrogen-bond donors (Lipinski definition) is 2. The van der Waals surface area contributed by atoms with Crippen LogP contribution in [0, 0.1) is 0 Å². The van der Waals surface area contributed by atoms with Crippen molar-refractivity contribution in [2.24, 2.45) is 5.73 Å². The molecular formula is C20H22ClN3O6. The molecule has 3 N–H and O–H groups in total. The first-order valence-corrected chi connectivity index (χ1v) is 9.69. The highest BCUT2D eigenvalue weighted by molar-refractivity contribution is 6.32. The number of carbonyl (C=O) groups is 3. The number of carbonyl (C=O) groups excluding carboxylic acids is 3. The van der Waals surface area contributed by atoms with Crippen molar-refractivity contribution in [1.29, 1.82) is 0 Å². The van der Waals surface area contributed by atoms with Gasteiger partial charge in [0.1, 0.15) is 0 Å². The number of amides is 3. The average molecular weight is 436 g/mol.